The number of carboxylic acids is 1. The Morgan fingerprint density at radius 3 is 2.48 bits per heavy atom. The standard InChI is InChI=1S/C22H26N6O3/c1-14(2)20(29)26-15-4-5-18-16(12-15)17(13-25-18)19(21(30)31)27-8-10-28(11-9-27)22-23-6-3-7-24-22/h3-7,12-14,19,25H,8-11H2,1-2H3,(H,26,29)(H,30,31)/t19-/m1/s1. The van der Waals surface area contributed by atoms with Crippen LogP contribution in [0.15, 0.2) is 42.9 Å². The Balaban J connectivity index is 1.57. The van der Waals surface area contributed by atoms with E-state index >= 15 is 0 Å². The average Bonchev–Trinajstić information content (AvgIpc) is 3.17. The van der Waals surface area contributed by atoms with Crippen LogP contribution in [0.5, 0.6) is 0 Å². The van der Waals surface area contributed by atoms with Crippen molar-refractivity contribution in [2.45, 2.75) is 19.9 Å². The van der Waals surface area contributed by atoms with Crippen molar-refractivity contribution in [2.75, 3.05) is 36.4 Å². The van der Waals surface area contributed by atoms with Crippen molar-refractivity contribution in [1.82, 2.24) is 19.9 Å². The molecule has 1 saturated heterocycles. The van der Waals surface area contributed by atoms with Crippen LogP contribution in [0.1, 0.15) is 25.5 Å². The number of hydrogen-bond acceptors (Lipinski definition) is 6. The largest absolute Gasteiger partial charge is 0.480 e. The number of carbonyl (C=O) groups excluding carboxylic acids is 1. The molecule has 0 spiro atoms. The van der Waals surface area contributed by atoms with Gasteiger partial charge in [-0.1, -0.05) is 13.8 Å². The Bertz CT molecular complexity index is 1070. The summed E-state index contributed by atoms with van der Waals surface area (Å²) in [5.74, 6) is -0.461. The van der Waals surface area contributed by atoms with Crippen LogP contribution < -0.4 is 10.2 Å². The molecule has 0 unspecified atom stereocenters. The Labute approximate surface area is 180 Å². The fourth-order valence-electron chi connectivity index (χ4n) is 3.85. The smallest absolute Gasteiger partial charge is 0.325 e. The number of piperazine rings is 1. The summed E-state index contributed by atoms with van der Waals surface area (Å²) >= 11 is 0. The number of fused-ring (bicyclic) bond motifs is 1. The van der Waals surface area contributed by atoms with Crippen LogP contribution in [0.4, 0.5) is 11.6 Å². The lowest BCUT2D eigenvalue weighted by Crippen LogP contribution is -2.49. The number of carbonyl (C=O) groups is 2. The van der Waals surface area contributed by atoms with Crippen molar-refractivity contribution < 1.29 is 14.7 Å². The highest BCUT2D eigenvalue weighted by Crippen LogP contribution is 2.31. The molecule has 3 aromatic rings. The monoisotopic (exact) mass is 422 g/mol. The number of hydrogen-bond donors (Lipinski definition) is 3. The van der Waals surface area contributed by atoms with Crippen molar-refractivity contribution in [3.8, 4) is 0 Å². The van der Waals surface area contributed by atoms with Gasteiger partial charge < -0.3 is 20.3 Å². The van der Waals surface area contributed by atoms with E-state index in [1.807, 2.05) is 36.9 Å². The molecule has 3 heterocycles. The number of nitrogens with one attached hydrogen (secondary N) is 2. The maximum absolute atomic E-state index is 12.3. The molecule has 1 amide bonds. The van der Waals surface area contributed by atoms with E-state index in [4.69, 9.17) is 0 Å². The average molecular weight is 422 g/mol. The van der Waals surface area contributed by atoms with Gasteiger partial charge in [-0.05, 0) is 24.3 Å². The molecule has 1 fully saturated rings. The lowest BCUT2D eigenvalue weighted by atomic mass is 10.0. The molecule has 0 aliphatic carbocycles. The number of amides is 1. The van der Waals surface area contributed by atoms with Crippen LogP contribution in [-0.4, -0.2) is 63.0 Å². The third-order valence-electron chi connectivity index (χ3n) is 5.55. The second-order valence-corrected chi connectivity index (χ2v) is 7.96. The zero-order chi connectivity index (χ0) is 22.0. The summed E-state index contributed by atoms with van der Waals surface area (Å²) in [5, 5.41) is 13.7. The molecule has 1 aliphatic rings. The maximum atomic E-state index is 12.3. The Morgan fingerprint density at radius 1 is 1.13 bits per heavy atom. The fraction of sp³-hybridized carbons (Fsp3) is 0.364. The highest BCUT2D eigenvalue weighted by molar-refractivity contribution is 5.96. The summed E-state index contributed by atoms with van der Waals surface area (Å²) in [5.41, 5.74) is 2.18. The quantitative estimate of drug-likeness (QED) is 0.559. The minimum atomic E-state index is -0.901. The number of aromatic amines is 1. The predicted molar refractivity (Wildman–Crippen MR) is 118 cm³/mol. The molecule has 31 heavy (non-hydrogen) atoms. The van der Waals surface area contributed by atoms with Gasteiger partial charge in [-0.3, -0.25) is 14.5 Å². The molecule has 9 nitrogen and oxygen atoms in total. The van der Waals surface area contributed by atoms with Gasteiger partial charge in [0.15, 0.2) is 0 Å². The molecular formula is C22H26N6O3. The molecule has 1 aliphatic heterocycles. The van der Waals surface area contributed by atoms with E-state index < -0.39 is 12.0 Å². The van der Waals surface area contributed by atoms with Crippen LogP contribution in [0.25, 0.3) is 10.9 Å². The molecular weight excluding hydrogens is 396 g/mol. The molecule has 0 bridgehead atoms. The summed E-state index contributed by atoms with van der Waals surface area (Å²) in [4.78, 5) is 40.1. The predicted octanol–water partition coefficient (Wildman–Crippen LogP) is 2.50. The van der Waals surface area contributed by atoms with Crippen molar-refractivity contribution in [2.24, 2.45) is 5.92 Å². The van der Waals surface area contributed by atoms with E-state index in [0.717, 1.165) is 10.9 Å². The van der Waals surface area contributed by atoms with E-state index in [2.05, 4.69) is 25.2 Å². The summed E-state index contributed by atoms with van der Waals surface area (Å²) < 4.78 is 0. The maximum Gasteiger partial charge on any atom is 0.325 e. The Morgan fingerprint density at radius 2 is 1.84 bits per heavy atom. The third-order valence-corrected chi connectivity index (χ3v) is 5.55. The lowest BCUT2D eigenvalue weighted by Gasteiger charge is -2.37. The minimum Gasteiger partial charge on any atom is -0.480 e. The second-order valence-electron chi connectivity index (χ2n) is 7.96. The second kappa shape index (κ2) is 8.73. The van der Waals surface area contributed by atoms with Crippen LogP contribution in [0, 0.1) is 5.92 Å². The summed E-state index contributed by atoms with van der Waals surface area (Å²) in [6.07, 6.45) is 5.16. The van der Waals surface area contributed by atoms with E-state index in [1.54, 1.807) is 24.7 Å². The first-order chi connectivity index (χ1) is 14.9. The molecule has 2 aromatic heterocycles. The number of benzene rings is 1. The van der Waals surface area contributed by atoms with Crippen molar-refractivity contribution >= 4 is 34.4 Å². The van der Waals surface area contributed by atoms with Gasteiger partial charge in [0, 0.05) is 72.8 Å². The summed E-state index contributed by atoms with van der Waals surface area (Å²) in [7, 11) is 0. The van der Waals surface area contributed by atoms with Gasteiger partial charge in [0.25, 0.3) is 0 Å². The first-order valence-corrected chi connectivity index (χ1v) is 10.3. The number of anilines is 2. The number of aromatic nitrogens is 3. The fourth-order valence-corrected chi connectivity index (χ4v) is 3.85. The molecule has 0 saturated carbocycles. The molecule has 1 atom stereocenters. The Kier molecular flexibility index (Phi) is 5.85. The van der Waals surface area contributed by atoms with Gasteiger partial charge in [-0.25, -0.2) is 9.97 Å². The lowest BCUT2D eigenvalue weighted by molar-refractivity contribution is -0.143. The van der Waals surface area contributed by atoms with Crippen LogP contribution in [0.2, 0.25) is 0 Å². The first-order valence-electron chi connectivity index (χ1n) is 10.3. The molecule has 0 radical (unpaired) electrons. The molecule has 3 N–H and O–H groups in total. The molecule has 9 heteroatoms. The van der Waals surface area contributed by atoms with Crippen molar-refractivity contribution in [3.63, 3.8) is 0 Å². The Hall–Kier alpha value is -3.46. The number of nitrogens with zero attached hydrogens (tertiary/aromatic N) is 4. The van der Waals surface area contributed by atoms with Crippen LogP contribution in [0.3, 0.4) is 0 Å². The number of rotatable bonds is 6. The van der Waals surface area contributed by atoms with Gasteiger partial charge in [-0.15, -0.1) is 0 Å². The van der Waals surface area contributed by atoms with Gasteiger partial charge in [-0.2, -0.15) is 0 Å². The molecule has 1 aromatic carbocycles. The highest BCUT2D eigenvalue weighted by atomic mass is 16.4. The van der Waals surface area contributed by atoms with Crippen LogP contribution >= 0.6 is 0 Å². The number of carboxylic acid groups (broad SMARTS) is 1. The number of aliphatic carboxylic acids is 1. The zero-order valence-electron chi connectivity index (χ0n) is 17.6. The summed E-state index contributed by atoms with van der Waals surface area (Å²) in [6, 6.07) is 6.50. The third kappa shape index (κ3) is 4.36. The highest BCUT2D eigenvalue weighted by Gasteiger charge is 2.32. The number of H-pyrrole nitrogens is 1. The van der Waals surface area contributed by atoms with E-state index in [9.17, 15) is 14.7 Å². The minimum absolute atomic E-state index is 0.0783. The molecule has 162 valence electrons. The zero-order valence-corrected chi connectivity index (χ0v) is 17.6. The van der Waals surface area contributed by atoms with Crippen molar-refractivity contribution in [3.05, 3.63) is 48.4 Å². The van der Waals surface area contributed by atoms with E-state index in [1.165, 1.54) is 0 Å². The van der Waals surface area contributed by atoms with Gasteiger partial charge >= 0.3 is 5.97 Å². The molecule has 4 rings (SSSR count). The van der Waals surface area contributed by atoms with E-state index in [-0.39, 0.29) is 11.8 Å². The normalized spacial score (nSPS) is 15.9. The first kappa shape index (κ1) is 20.8. The SMILES string of the molecule is CC(C)C(=O)Nc1ccc2[nH]cc([C@H](C(=O)O)N3CCN(c4ncccn4)CC3)c2c1. The van der Waals surface area contributed by atoms with Gasteiger partial charge in [0.05, 0.1) is 0 Å². The van der Waals surface area contributed by atoms with E-state index in [0.29, 0.717) is 43.4 Å². The van der Waals surface area contributed by atoms with Gasteiger partial charge in [0.2, 0.25) is 11.9 Å². The van der Waals surface area contributed by atoms with Crippen molar-refractivity contribution in [1.29, 1.82) is 0 Å². The van der Waals surface area contributed by atoms with Gasteiger partial charge in [0.1, 0.15) is 6.04 Å². The topological polar surface area (TPSA) is 114 Å². The van der Waals surface area contributed by atoms with Crippen LogP contribution in [-0.2, 0) is 9.59 Å². The summed E-state index contributed by atoms with van der Waals surface area (Å²) in [6.45, 7) is 6.10.